The zero-order chi connectivity index (χ0) is 17.1. The lowest BCUT2D eigenvalue weighted by atomic mass is 10.1. The van der Waals surface area contributed by atoms with Crippen molar-refractivity contribution in [2.24, 2.45) is 0 Å². The van der Waals surface area contributed by atoms with Crippen molar-refractivity contribution >= 4 is 40.9 Å². The Hall–Kier alpha value is -1.98. The standard InChI is InChI=1S/C18H17ClN2O2S/c1-12-7-8-15(14(19)9-12)20-17(22)16-10-24-11-21(16)18(23)13-5-3-2-4-6-13/h2-9,16H,10-11H2,1H3,(H,20,22)/t16-/m0/s1. The molecular formula is C18H17ClN2O2S. The van der Waals surface area contributed by atoms with E-state index in [0.29, 0.717) is 27.9 Å². The normalized spacial score (nSPS) is 16.9. The van der Waals surface area contributed by atoms with E-state index in [-0.39, 0.29) is 11.8 Å². The van der Waals surface area contributed by atoms with Crippen LogP contribution in [0.15, 0.2) is 48.5 Å². The maximum Gasteiger partial charge on any atom is 0.255 e. The first-order valence-corrected chi connectivity index (χ1v) is 9.10. The molecule has 0 spiro atoms. The average molecular weight is 361 g/mol. The van der Waals surface area contributed by atoms with Crippen LogP contribution in [0, 0.1) is 6.92 Å². The van der Waals surface area contributed by atoms with Crippen molar-refractivity contribution in [3.05, 3.63) is 64.7 Å². The van der Waals surface area contributed by atoms with E-state index < -0.39 is 6.04 Å². The number of hydrogen-bond donors (Lipinski definition) is 1. The van der Waals surface area contributed by atoms with E-state index >= 15 is 0 Å². The minimum absolute atomic E-state index is 0.129. The Labute approximate surface area is 150 Å². The predicted octanol–water partition coefficient (Wildman–Crippen LogP) is 3.80. The summed E-state index contributed by atoms with van der Waals surface area (Å²) in [6.07, 6.45) is 0. The molecule has 1 aliphatic rings. The number of benzene rings is 2. The van der Waals surface area contributed by atoms with Crippen LogP contribution < -0.4 is 5.32 Å². The third kappa shape index (κ3) is 3.57. The molecule has 6 heteroatoms. The van der Waals surface area contributed by atoms with Gasteiger partial charge in [0.2, 0.25) is 5.91 Å². The van der Waals surface area contributed by atoms with Gasteiger partial charge in [-0.3, -0.25) is 9.59 Å². The summed E-state index contributed by atoms with van der Waals surface area (Å²) >= 11 is 7.74. The lowest BCUT2D eigenvalue weighted by Crippen LogP contribution is -2.44. The van der Waals surface area contributed by atoms with Gasteiger partial charge in [-0.1, -0.05) is 35.9 Å². The van der Waals surface area contributed by atoms with E-state index in [1.54, 1.807) is 40.9 Å². The van der Waals surface area contributed by atoms with E-state index in [1.165, 1.54) is 0 Å². The molecule has 0 bridgehead atoms. The topological polar surface area (TPSA) is 49.4 Å². The van der Waals surface area contributed by atoms with Gasteiger partial charge in [-0.25, -0.2) is 0 Å². The summed E-state index contributed by atoms with van der Waals surface area (Å²) in [5.41, 5.74) is 2.18. The minimum atomic E-state index is -0.500. The molecule has 24 heavy (non-hydrogen) atoms. The van der Waals surface area contributed by atoms with Gasteiger partial charge in [0.1, 0.15) is 6.04 Å². The summed E-state index contributed by atoms with van der Waals surface area (Å²) in [6.45, 7) is 1.94. The van der Waals surface area contributed by atoms with Gasteiger partial charge >= 0.3 is 0 Å². The van der Waals surface area contributed by atoms with Crippen molar-refractivity contribution in [1.82, 2.24) is 4.90 Å². The monoisotopic (exact) mass is 360 g/mol. The lowest BCUT2D eigenvalue weighted by molar-refractivity contribution is -0.119. The number of carbonyl (C=O) groups excluding carboxylic acids is 2. The molecule has 0 radical (unpaired) electrons. The molecule has 0 aromatic heterocycles. The molecule has 2 aromatic rings. The number of halogens is 1. The van der Waals surface area contributed by atoms with Crippen molar-refractivity contribution in [3.63, 3.8) is 0 Å². The Balaban J connectivity index is 1.75. The fraction of sp³-hybridized carbons (Fsp3) is 0.222. The van der Waals surface area contributed by atoms with Crippen LogP contribution in [0.2, 0.25) is 5.02 Å². The smallest absolute Gasteiger partial charge is 0.255 e. The van der Waals surface area contributed by atoms with E-state index in [2.05, 4.69) is 5.32 Å². The van der Waals surface area contributed by atoms with Crippen molar-refractivity contribution in [3.8, 4) is 0 Å². The highest BCUT2D eigenvalue weighted by Crippen LogP contribution is 2.27. The summed E-state index contributed by atoms with van der Waals surface area (Å²) in [5.74, 6) is 0.743. The molecular weight excluding hydrogens is 344 g/mol. The Morgan fingerprint density at radius 3 is 2.67 bits per heavy atom. The summed E-state index contributed by atoms with van der Waals surface area (Å²) in [4.78, 5) is 26.9. The van der Waals surface area contributed by atoms with Crippen LogP contribution in [0.4, 0.5) is 5.69 Å². The fourth-order valence-corrected chi connectivity index (χ4v) is 3.98. The van der Waals surface area contributed by atoms with Crippen LogP contribution in [0.5, 0.6) is 0 Å². The molecule has 1 fully saturated rings. The van der Waals surface area contributed by atoms with E-state index in [0.717, 1.165) is 5.56 Å². The van der Waals surface area contributed by atoms with Crippen LogP contribution in [-0.4, -0.2) is 34.4 Å². The molecule has 4 nitrogen and oxygen atoms in total. The molecule has 0 unspecified atom stereocenters. The second kappa shape index (κ2) is 7.28. The SMILES string of the molecule is Cc1ccc(NC(=O)[C@@H]2CSCN2C(=O)c2ccccc2)c(Cl)c1. The van der Waals surface area contributed by atoms with Crippen LogP contribution in [-0.2, 0) is 4.79 Å². The van der Waals surface area contributed by atoms with Crippen molar-refractivity contribution in [2.75, 3.05) is 16.9 Å². The van der Waals surface area contributed by atoms with Crippen LogP contribution in [0.3, 0.4) is 0 Å². The van der Waals surface area contributed by atoms with Crippen molar-refractivity contribution in [2.45, 2.75) is 13.0 Å². The second-order valence-corrected chi connectivity index (χ2v) is 7.04. The largest absolute Gasteiger partial charge is 0.323 e. The van der Waals surface area contributed by atoms with Gasteiger partial charge in [0.15, 0.2) is 0 Å². The molecule has 0 aliphatic carbocycles. The number of amides is 2. The van der Waals surface area contributed by atoms with Crippen molar-refractivity contribution < 1.29 is 9.59 Å². The zero-order valence-electron chi connectivity index (χ0n) is 13.2. The van der Waals surface area contributed by atoms with Gasteiger partial charge in [-0.2, -0.15) is 0 Å². The van der Waals surface area contributed by atoms with E-state index in [1.807, 2.05) is 31.2 Å². The van der Waals surface area contributed by atoms with Gasteiger partial charge < -0.3 is 10.2 Å². The second-order valence-electron chi connectivity index (χ2n) is 5.63. The predicted molar refractivity (Wildman–Crippen MR) is 98.5 cm³/mol. The Kier molecular flexibility index (Phi) is 5.11. The number of hydrogen-bond acceptors (Lipinski definition) is 3. The summed E-state index contributed by atoms with van der Waals surface area (Å²) in [7, 11) is 0. The fourth-order valence-electron chi connectivity index (χ4n) is 2.54. The summed E-state index contributed by atoms with van der Waals surface area (Å²) in [6, 6.07) is 14.0. The maximum absolute atomic E-state index is 12.6. The highest BCUT2D eigenvalue weighted by molar-refractivity contribution is 7.99. The first-order chi connectivity index (χ1) is 11.6. The third-order valence-corrected chi connectivity index (χ3v) is 5.17. The molecule has 2 amide bonds. The van der Waals surface area contributed by atoms with Gasteiger partial charge in [-0.05, 0) is 36.8 Å². The quantitative estimate of drug-likeness (QED) is 0.905. The first-order valence-electron chi connectivity index (χ1n) is 7.57. The van der Waals surface area contributed by atoms with Gasteiger partial charge in [-0.15, -0.1) is 11.8 Å². The minimum Gasteiger partial charge on any atom is -0.323 e. The van der Waals surface area contributed by atoms with Crippen LogP contribution in [0.25, 0.3) is 0 Å². The number of carbonyl (C=O) groups is 2. The molecule has 1 heterocycles. The Bertz CT molecular complexity index is 767. The number of rotatable bonds is 3. The summed E-state index contributed by atoms with van der Waals surface area (Å²) in [5, 5.41) is 3.33. The first kappa shape index (κ1) is 16.9. The van der Waals surface area contributed by atoms with Crippen LogP contribution in [0.1, 0.15) is 15.9 Å². The van der Waals surface area contributed by atoms with E-state index in [9.17, 15) is 9.59 Å². The number of nitrogens with one attached hydrogen (secondary N) is 1. The molecule has 2 aromatic carbocycles. The number of aryl methyl sites for hydroxylation is 1. The van der Waals surface area contributed by atoms with Gasteiger partial charge in [0.25, 0.3) is 5.91 Å². The van der Waals surface area contributed by atoms with Crippen molar-refractivity contribution in [1.29, 1.82) is 0 Å². The number of thioether (sulfide) groups is 1. The Morgan fingerprint density at radius 2 is 1.96 bits per heavy atom. The molecule has 124 valence electrons. The van der Waals surface area contributed by atoms with Crippen LogP contribution >= 0.6 is 23.4 Å². The third-order valence-electron chi connectivity index (χ3n) is 3.85. The summed E-state index contributed by atoms with van der Waals surface area (Å²) < 4.78 is 0. The number of anilines is 1. The molecule has 1 saturated heterocycles. The Morgan fingerprint density at radius 1 is 1.21 bits per heavy atom. The molecule has 1 N–H and O–H groups in total. The molecule has 3 rings (SSSR count). The average Bonchev–Trinajstić information content (AvgIpc) is 3.07. The highest BCUT2D eigenvalue weighted by atomic mass is 35.5. The maximum atomic E-state index is 12.6. The lowest BCUT2D eigenvalue weighted by Gasteiger charge is -2.23. The molecule has 1 aliphatic heterocycles. The van der Waals surface area contributed by atoms with Gasteiger partial charge in [0.05, 0.1) is 16.6 Å². The molecule has 1 atom stereocenters. The molecule has 0 saturated carbocycles. The van der Waals surface area contributed by atoms with Gasteiger partial charge in [0, 0.05) is 11.3 Å². The number of nitrogens with zero attached hydrogens (tertiary/aromatic N) is 1. The van der Waals surface area contributed by atoms with E-state index in [4.69, 9.17) is 11.6 Å². The highest BCUT2D eigenvalue weighted by Gasteiger charge is 2.35. The zero-order valence-corrected chi connectivity index (χ0v) is 14.7.